The first-order valence-electron chi connectivity index (χ1n) is 8.17. The van der Waals surface area contributed by atoms with Crippen LogP contribution in [0.1, 0.15) is 30.1 Å². The lowest BCUT2D eigenvalue weighted by atomic mass is 10.1. The number of ketones is 1. The molecule has 3 rings (SSSR count). The molecule has 1 amide bonds. The summed E-state index contributed by atoms with van der Waals surface area (Å²) in [5, 5.41) is 3.19. The summed E-state index contributed by atoms with van der Waals surface area (Å²) in [6.45, 7) is 2.49. The Balaban J connectivity index is 1.58. The Hall–Kier alpha value is -2.80. The van der Waals surface area contributed by atoms with Crippen molar-refractivity contribution in [3.05, 3.63) is 53.8 Å². The van der Waals surface area contributed by atoms with Crippen molar-refractivity contribution in [1.82, 2.24) is 4.98 Å². The quantitative estimate of drug-likeness (QED) is 0.623. The van der Waals surface area contributed by atoms with Gasteiger partial charge in [-0.3, -0.25) is 9.59 Å². The summed E-state index contributed by atoms with van der Waals surface area (Å²) < 4.78 is 19.2. The van der Waals surface area contributed by atoms with Crippen LogP contribution in [0.3, 0.4) is 0 Å². The molecule has 0 radical (unpaired) electrons. The van der Waals surface area contributed by atoms with E-state index in [1.54, 1.807) is 0 Å². The summed E-state index contributed by atoms with van der Waals surface area (Å²) in [4.78, 5) is 28.4. The predicted octanol–water partition coefficient (Wildman–Crippen LogP) is 4.44. The number of thiazole rings is 1. The van der Waals surface area contributed by atoms with Crippen molar-refractivity contribution >= 4 is 38.4 Å². The van der Waals surface area contributed by atoms with E-state index in [0.29, 0.717) is 17.3 Å². The number of benzene rings is 2. The zero-order chi connectivity index (χ0) is 18.5. The minimum absolute atomic E-state index is 0.0380. The van der Waals surface area contributed by atoms with Gasteiger partial charge in [-0.25, -0.2) is 9.37 Å². The SMILES string of the molecule is CCOc1ccc2nc(NC(=O)CCC(=O)c3ccc(F)cc3)sc2c1. The number of Topliss-reactive ketones (excluding diaryl/α,β-unsaturated/α-hetero) is 1. The highest BCUT2D eigenvalue weighted by atomic mass is 32.1. The molecule has 0 atom stereocenters. The molecule has 0 aliphatic rings. The standard InChI is InChI=1S/C19H17FN2O3S/c1-2-25-14-7-8-15-17(11-14)26-19(21-15)22-18(24)10-9-16(23)12-3-5-13(20)6-4-12/h3-8,11H,2,9-10H2,1H3,(H,21,22,24). The molecule has 0 bridgehead atoms. The number of hydrogen-bond donors (Lipinski definition) is 1. The van der Waals surface area contributed by atoms with Crippen LogP contribution in [-0.2, 0) is 4.79 Å². The third-order valence-corrected chi connectivity index (χ3v) is 4.60. The van der Waals surface area contributed by atoms with Gasteiger partial charge in [0.15, 0.2) is 10.9 Å². The van der Waals surface area contributed by atoms with Gasteiger partial charge in [0.1, 0.15) is 11.6 Å². The molecule has 26 heavy (non-hydrogen) atoms. The van der Waals surface area contributed by atoms with Crippen LogP contribution in [0.4, 0.5) is 9.52 Å². The van der Waals surface area contributed by atoms with Crippen LogP contribution in [0.25, 0.3) is 10.2 Å². The van der Waals surface area contributed by atoms with E-state index in [2.05, 4.69) is 10.3 Å². The number of carbonyl (C=O) groups excluding carboxylic acids is 2. The van der Waals surface area contributed by atoms with Gasteiger partial charge in [0.25, 0.3) is 0 Å². The summed E-state index contributed by atoms with van der Waals surface area (Å²) in [5.41, 5.74) is 1.17. The molecule has 0 saturated carbocycles. The maximum absolute atomic E-state index is 12.9. The van der Waals surface area contributed by atoms with Gasteiger partial charge in [0, 0.05) is 18.4 Å². The number of ether oxygens (including phenoxy) is 1. The maximum Gasteiger partial charge on any atom is 0.226 e. The van der Waals surface area contributed by atoms with Crippen LogP contribution in [0.15, 0.2) is 42.5 Å². The van der Waals surface area contributed by atoms with Gasteiger partial charge < -0.3 is 10.1 Å². The van der Waals surface area contributed by atoms with E-state index in [1.165, 1.54) is 35.6 Å². The molecule has 2 aromatic carbocycles. The molecule has 0 spiro atoms. The molecule has 1 heterocycles. The van der Waals surface area contributed by atoms with Crippen LogP contribution in [-0.4, -0.2) is 23.3 Å². The summed E-state index contributed by atoms with van der Waals surface area (Å²) in [7, 11) is 0. The number of aromatic nitrogens is 1. The third kappa shape index (κ3) is 4.43. The fourth-order valence-corrected chi connectivity index (χ4v) is 3.31. The molecule has 0 unspecified atom stereocenters. The Labute approximate surface area is 153 Å². The van der Waals surface area contributed by atoms with Crippen molar-refractivity contribution in [1.29, 1.82) is 0 Å². The number of rotatable bonds is 7. The number of halogens is 1. The van der Waals surface area contributed by atoms with Gasteiger partial charge in [-0.05, 0) is 49.4 Å². The molecule has 5 nitrogen and oxygen atoms in total. The highest BCUT2D eigenvalue weighted by molar-refractivity contribution is 7.22. The second-order valence-corrected chi connectivity index (χ2v) is 6.59. The Morgan fingerprint density at radius 1 is 1.15 bits per heavy atom. The lowest BCUT2D eigenvalue weighted by Crippen LogP contribution is -2.13. The van der Waals surface area contributed by atoms with E-state index in [0.717, 1.165) is 16.0 Å². The molecule has 0 aliphatic heterocycles. The van der Waals surface area contributed by atoms with Gasteiger partial charge in [-0.1, -0.05) is 11.3 Å². The topological polar surface area (TPSA) is 68.3 Å². The first kappa shape index (κ1) is 18.0. The van der Waals surface area contributed by atoms with Crippen molar-refractivity contribution in [2.24, 2.45) is 0 Å². The average molecular weight is 372 g/mol. The minimum Gasteiger partial charge on any atom is -0.494 e. The summed E-state index contributed by atoms with van der Waals surface area (Å²) in [6.07, 6.45) is 0.0905. The average Bonchev–Trinajstić information content (AvgIpc) is 3.02. The van der Waals surface area contributed by atoms with Crippen LogP contribution in [0, 0.1) is 5.82 Å². The molecular formula is C19H17FN2O3S. The van der Waals surface area contributed by atoms with Crippen molar-refractivity contribution in [3.63, 3.8) is 0 Å². The number of hydrogen-bond acceptors (Lipinski definition) is 5. The molecule has 3 aromatic rings. The number of carbonyl (C=O) groups is 2. The van der Waals surface area contributed by atoms with Gasteiger partial charge in [-0.2, -0.15) is 0 Å². The van der Waals surface area contributed by atoms with Crippen LogP contribution < -0.4 is 10.1 Å². The number of amides is 1. The van der Waals surface area contributed by atoms with Gasteiger partial charge in [0.2, 0.25) is 5.91 Å². The second kappa shape index (κ2) is 8.05. The molecule has 1 N–H and O–H groups in total. The van der Waals surface area contributed by atoms with E-state index < -0.39 is 5.82 Å². The van der Waals surface area contributed by atoms with Crippen molar-refractivity contribution in [2.75, 3.05) is 11.9 Å². The summed E-state index contributed by atoms with van der Waals surface area (Å²) >= 11 is 1.35. The maximum atomic E-state index is 12.9. The van der Waals surface area contributed by atoms with Crippen molar-refractivity contribution < 1.29 is 18.7 Å². The zero-order valence-corrected chi connectivity index (χ0v) is 14.9. The number of nitrogens with zero attached hydrogens (tertiary/aromatic N) is 1. The van der Waals surface area contributed by atoms with E-state index in [9.17, 15) is 14.0 Å². The number of fused-ring (bicyclic) bond motifs is 1. The summed E-state index contributed by atoms with van der Waals surface area (Å²) in [6, 6.07) is 10.8. The molecule has 1 aromatic heterocycles. The number of nitrogens with one attached hydrogen (secondary N) is 1. The van der Waals surface area contributed by atoms with Gasteiger partial charge >= 0.3 is 0 Å². The zero-order valence-electron chi connectivity index (χ0n) is 14.1. The van der Waals surface area contributed by atoms with Crippen molar-refractivity contribution in [2.45, 2.75) is 19.8 Å². The monoisotopic (exact) mass is 372 g/mol. The van der Waals surface area contributed by atoms with Crippen LogP contribution in [0.2, 0.25) is 0 Å². The lowest BCUT2D eigenvalue weighted by molar-refractivity contribution is -0.116. The first-order valence-corrected chi connectivity index (χ1v) is 8.99. The fraction of sp³-hybridized carbons (Fsp3) is 0.211. The highest BCUT2D eigenvalue weighted by Gasteiger charge is 2.12. The fourth-order valence-electron chi connectivity index (χ4n) is 2.40. The van der Waals surface area contributed by atoms with Gasteiger partial charge in [-0.15, -0.1) is 0 Å². The Morgan fingerprint density at radius 2 is 1.92 bits per heavy atom. The minimum atomic E-state index is -0.400. The smallest absolute Gasteiger partial charge is 0.226 e. The number of anilines is 1. The highest BCUT2D eigenvalue weighted by Crippen LogP contribution is 2.29. The van der Waals surface area contributed by atoms with Crippen LogP contribution in [0.5, 0.6) is 5.75 Å². The normalized spacial score (nSPS) is 10.7. The first-order chi connectivity index (χ1) is 12.5. The largest absolute Gasteiger partial charge is 0.494 e. The molecule has 0 fully saturated rings. The molecule has 7 heteroatoms. The van der Waals surface area contributed by atoms with E-state index in [1.807, 2.05) is 25.1 Å². The van der Waals surface area contributed by atoms with E-state index >= 15 is 0 Å². The molecule has 134 valence electrons. The second-order valence-electron chi connectivity index (χ2n) is 5.56. The van der Waals surface area contributed by atoms with Crippen molar-refractivity contribution in [3.8, 4) is 5.75 Å². The Morgan fingerprint density at radius 3 is 2.65 bits per heavy atom. The Bertz CT molecular complexity index is 938. The van der Waals surface area contributed by atoms with E-state index in [-0.39, 0.29) is 24.5 Å². The predicted molar refractivity (Wildman–Crippen MR) is 99.4 cm³/mol. The molecular weight excluding hydrogens is 355 g/mol. The molecule has 0 saturated heterocycles. The Kier molecular flexibility index (Phi) is 5.58. The van der Waals surface area contributed by atoms with E-state index in [4.69, 9.17) is 4.74 Å². The lowest BCUT2D eigenvalue weighted by Gasteiger charge is -2.02. The van der Waals surface area contributed by atoms with Crippen LogP contribution >= 0.6 is 11.3 Å². The van der Waals surface area contributed by atoms with Gasteiger partial charge in [0.05, 0.1) is 16.8 Å². The summed E-state index contributed by atoms with van der Waals surface area (Å²) in [5.74, 6) is -0.135. The molecule has 0 aliphatic carbocycles. The third-order valence-electron chi connectivity index (χ3n) is 3.66.